The predicted molar refractivity (Wildman–Crippen MR) is 119 cm³/mol. The average molecular weight is 413 g/mol. The van der Waals surface area contributed by atoms with Crippen LogP contribution in [-0.2, 0) is 0 Å². The van der Waals surface area contributed by atoms with Crippen LogP contribution in [0.5, 0.6) is 5.75 Å². The molecule has 2 N–H and O–H groups in total. The second-order valence-electron chi connectivity index (χ2n) is 7.04. The molecule has 4 rings (SSSR count). The molecule has 1 heterocycles. The second-order valence-corrected chi connectivity index (χ2v) is 7.04. The molecule has 0 saturated carbocycles. The van der Waals surface area contributed by atoms with E-state index in [1.54, 1.807) is 54.4 Å². The summed E-state index contributed by atoms with van der Waals surface area (Å²) in [5, 5.41) is 17.6. The number of carbonyl (C=O) groups excluding carboxylic acids is 1. The molecule has 0 aliphatic heterocycles. The maximum Gasteiger partial charge on any atom is 0.251 e. The lowest BCUT2D eigenvalue weighted by atomic mass is 10.1. The number of aromatic nitrogens is 2. The Hall–Kier alpha value is -3.90. The largest absolute Gasteiger partial charge is 0.497 e. The summed E-state index contributed by atoms with van der Waals surface area (Å²) >= 11 is 0. The molecule has 0 bridgehead atoms. The summed E-state index contributed by atoms with van der Waals surface area (Å²) in [5.74, 6) is 0.452. The Morgan fingerprint density at radius 1 is 1.03 bits per heavy atom. The van der Waals surface area contributed by atoms with Gasteiger partial charge >= 0.3 is 0 Å². The molecular formula is C25H23N3O3. The number of aliphatic hydroxyl groups is 1. The molecule has 0 saturated heterocycles. The zero-order valence-electron chi connectivity index (χ0n) is 17.1. The highest BCUT2D eigenvalue weighted by Gasteiger charge is 2.13. The lowest BCUT2D eigenvalue weighted by Gasteiger charge is -2.13. The van der Waals surface area contributed by atoms with Crippen LogP contribution in [0.4, 0.5) is 0 Å². The second kappa shape index (κ2) is 9.28. The molecule has 0 spiro atoms. The smallest absolute Gasteiger partial charge is 0.251 e. The average Bonchev–Trinajstić information content (AvgIpc) is 3.33. The Morgan fingerprint density at radius 2 is 1.81 bits per heavy atom. The number of hydrogen-bond donors (Lipinski definition) is 2. The minimum atomic E-state index is -0.811. The number of methoxy groups -OCH3 is 1. The van der Waals surface area contributed by atoms with Crippen molar-refractivity contribution in [3.8, 4) is 22.7 Å². The number of benzene rings is 3. The van der Waals surface area contributed by atoms with Gasteiger partial charge in [0.1, 0.15) is 5.75 Å². The van der Waals surface area contributed by atoms with Gasteiger partial charge in [-0.25, -0.2) is 4.68 Å². The minimum Gasteiger partial charge on any atom is -0.497 e. The third kappa shape index (κ3) is 4.65. The highest BCUT2D eigenvalue weighted by molar-refractivity contribution is 5.94. The van der Waals surface area contributed by atoms with E-state index >= 15 is 0 Å². The standard InChI is InChI=1S/C25H23N3O3/c1-31-22-12-10-19(11-13-22)24(29)17-26-25(30)20-8-5-9-21(16-20)28-23(14-15-27-28)18-6-3-2-4-7-18/h2-16,24,29H,17H2,1H3,(H,26,30). The predicted octanol–water partition coefficient (Wildman–Crippen LogP) is 4.01. The van der Waals surface area contributed by atoms with Crippen LogP contribution in [-0.4, -0.2) is 34.4 Å². The first-order valence-electron chi connectivity index (χ1n) is 9.96. The van der Waals surface area contributed by atoms with Crippen molar-refractivity contribution in [2.24, 2.45) is 0 Å². The van der Waals surface area contributed by atoms with E-state index in [-0.39, 0.29) is 12.5 Å². The molecule has 0 aliphatic rings. The van der Waals surface area contributed by atoms with E-state index in [9.17, 15) is 9.90 Å². The van der Waals surface area contributed by atoms with Crippen molar-refractivity contribution in [1.82, 2.24) is 15.1 Å². The Labute approximate surface area is 180 Å². The number of ether oxygens (including phenoxy) is 1. The topological polar surface area (TPSA) is 76.4 Å². The van der Waals surface area contributed by atoms with Gasteiger partial charge in [-0.3, -0.25) is 4.79 Å². The fourth-order valence-corrected chi connectivity index (χ4v) is 3.35. The van der Waals surface area contributed by atoms with Crippen molar-refractivity contribution in [3.63, 3.8) is 0 Å². The van der Waals surface area contributed by atoms with Crippen molar-refractivity contribution < 1.29 is 14.6 Å². The molecule has 1 unspecified atom stereocenters. The summed E-state index contributed by atoms with van der Waals surface area (Å²) in [7, 11) is 1.59. The van der Waals surface area contributed by atoms with Gasteiger partial charge in [0.25, 0.3) is 5.91 Å². The van der Waals surface area contributed by atoms with Crippen molar-refractivity contribution >= 4 is 5.91 Å². The van der Waals surface area contributed by atoms with Crippen LogP contribution >= 0.6 is 0 Å². The van der Waals surface area contributed by atoms with Crippen LogP contribution in [0.25, 0.3) is 16.9 Å². The molecule has 1 aromatic heterocycles. The zero-order chi connectivity index (χ0) is 21.6. The number of hydrogen-bond acceptors (Lipinski definition) is 4. The summed E-state index contributed by atoms with van der Waals surface area (Å²) in [6, 6.07) is 26.3. The van der Waals surface area contributed by atoms with Gasteiger partial charge in [-0.1, -0.05) is 48.5 Å². The first-order chi connectivity index (χ1) is 15.2. The van der Waals surface area contributed by atoms with Gasteiger partial charge in [0.15, 0.2) is 0 Å². The Balaban J connectivity index is 1.47. The maximum atomic E-state index is 12.7. The normalized spacial score (nSPS) is 11.7. The van der Waals surface area contributed by atoms with Crippen molar-refractivity contribution in [3.05, 3.63) is 102 Å². The van der Waals surface area contributed by atoms with E-state index in [0.717, 1.165) is 16.9 Å². The van der Waals surface area contributed by atoms with Crippen LogP contribution in [0.1, 0.15) is 22.0 Å². The van der Waals surface area contributed by atoms with Crippen molar-refractivity contribution in [2.45, 2.75) is 6.10 Å². The van der Waals surface area contributed by atoms with Gasteiger partial charge in [-0.2, -0.15) is 5.10 Å². The molecule has 4 aromatic rings. The van der Waals surface area contributed by atoms with E-state index in [2.05, 4.69) is 10.4 Å². The minimum absolute atomic E-state index is 0.104. The van der Waals surface area contributed by atoms with E-state index in [1.807, 2.05) is 48.5 Å². The third-order valence-electron chi connectivity index (χ3n) is 5.02. The van der Waals surface area contributed by atoms with Crippen molar-refractivity contribution in [2.75, 3.05) is 13.7 Å². The van der Waals surface area contributed by atoms with Gasteiger partial charge in [0.05, 0.1) is 30.8 Å². The summed E-state index contributed by atoms with van der Waals surface area (Å²) in [5.41, 5.74) is 3.96. The summed E-state index contributed by atoms with van der Waals surface area (Å²) in [6.07, 6.45) is 0.925. The Bertz CT molecular complexity index is 1150. The number of carbonyl (C=O) groups is 1. The van der Waals surface area contributed by atoms with Crippen molar-refractivity contribution in [1.29, 1.82) is 0 Å². The van der Waals surface area contributed by atoms with Gasteiger partial charge in [-0.15, -0.1) is 0 Å². The number of nitrogens with one attached hydrogen (secondary N) is 1. The number of rotatable bonds is 7. The van der Waals surface area contributed by atoms with E-state index < -0.39 is 6.10 Å². The molecule has 3 aromatic carbocycles. The van der Waals surface area contributed by atoms with Crippen LogP contribution < -0.4 is 10.1 Å². The molecule has 1 atom stereocenters. The number of amides is 1. The molecule has 156 valence electrons. The third-order valence-corrected chi connectivity index (χ3v) is 5.02. The quantitative estimate of drug-likeness (QED) is 0.480. The monoisotopic (exact) mass is 413 g/mol. The van der Waals surface area contributed by atoms with Crippen LogP contribution in [0.2, 0.25) is 0 Å². The lowest BCUT2D eigenvalue weighted by Crippen LogP contribution is -2.28. The van der Waals surface area contributed by atoms with Gasteiger partial charge in [0.2, 0.25) is 0 Å². The Kier molecular flexibility index (Phi) is 6.10. The fraction of sp³-hybridized carbons (Fsp3) is 0.120. The molecular weight excluding hydrogens is 390 g/mol. The summed E-state index contributed by atoms with van der Waals surface area (Å²) < 4.78 is 6.93. The molecule has 0 radical (unpaired) electrons. The first-order valence-corrected chi connectivity index (χ1v) is 9.96. The van der Waals surface area contributed by atoms with E-state index in [0.29, 0.717) is 16.9 Å². The Morgan fingerprint density at radius 3 is 2.55 bits per heavy atom. The SMILES string of the molecule is COc1ccc(C(O)CNC(=O)c2cccc(-n3nccc3-c3ccccc3)c2)cc1. The van der Waals surface area contributed by atoms with E-state index in [1.165, 1.54) is 0 Å². The van der Waals surface area contributed by atoms with Gasteiger partial charge < -0.3 is 15.2 Å². The zero-order valence-corrected chi connectivity index (χ0v) is 17.1. The number of aliphatic hydroxyl groups excluding tert-OH is 1. The highest BCUT2D eigenvalue weighted by Crippen LogP contribution is 2.23. The lowest BCUT2D eigenvalue weighted by molar-refractivity contribution is 0.0916. The van der Waals surface area contributed by atoms with E-state index in [4.69, 9.17) is 4.74 Å². The first kappa shape index (κ1) is 20.4. The highest BCUT2D eigenvalue weighted by atomic mass is 16.5. The molecule has 31 heavy (non-hydrogen) atoms. The van der Waals surface area contributed by atoms with Crippen LogP contribution in [0, 0.1) is 0 Å². The summed E-state index contributed by atoms with van der Waals surface area (Å²) in [6.45, 7) is 0.104. The molecule has 0 fully saturated rings. The van der Waals surface area contributed by atoms with Gasteiger partial charge in [0, 0.05) is 17.7 Å². The van der Waals surface area contributed by atoms with Crippen LogP contribution in [0.15, 0.2) is 91.1 Å². The maximum absolute atomic E-state index is 12.7. The molecule has 6 heteroatoms. The molecule has 1 amide bonds. The molecule has 6 nitrogen and oxygen atoms in total. The van der Waals surface area contributed by atoms with Crippen LogP contribution in [0.3, 0.4) is 0 Å². The van der Waals surface area contributed by atoms with Gasteiger partial charge in [-0.05, 0) is 42.0 Å². The fourth-order valence-electron chi connectivity index (χ4n) is 3.35. The summed E-state index contributed by atoms with van der Waals surface area (Å²) in [4.78, 5) is 12.7. The molecule has 0 aliphatic carbocycles. The number of nitrogens with zero attached hydrogens (tertiary/aromatic N) is 2.